The molecule has 0 saturated carbocycles. The number of fused-ring (bicyclic) bond motifs is 1. The summed E-state index contributed by atoms with van der Waals surface area (Å²) in [6.45, 7) is 2.34. The molecule has 4 rings (SSSR count). The summed E-state index contributed by atoms with van der Waals surface area (Å²) in [5.74, 6) is 6.73. The summed E-state index contributed by atoms with van der Waals surface area (Å²) in [7, 11) is 0. The quantitative estimate of drug-likeness (QED) is 0.614. The third kappa shape index (κ3) is 4.78. The second-order valence-corrected chi connectivity index (χ2v) is 8.52. The molecule has 0 radical (unpaired) electrons. The Balaban J connectivity index is 1.25. The monoisotopic (exact) mass is 404 g/mol. The Bertz CT molecular complexity index is 1100. The number of benzene rings is 2. The molecule has 2 aromatic carbocycles. The minimum absolute atomic E-state index is 0.118. The standard InChI is InChI=1S/C24H24N2O2S/c27-23(12-6-9-19-7-2-1-3-8-19)25-16-13-20(14-17-25)15-18-26-24(28)21-10-4-5-11-22(21)29-26/h1-5,7-8,10-11,20H,12-18H2. The van der Waals surface area contributed by atoms with Crippen molar-refractivity contribution in [2.45, 2.75) is 32.2 Å². The Hall–Kier alpha value is -2.84. The van der Waals surface area contributed by atoms with Crippen molar-refractivity contribution in [3.63, 3.8) is 0 Å². The van der Waals surface area contributed by atoms with Crippen molar-refractivity contribution >= 4 is 27.5 Å². The number of rotatable bonds is 4. The van der Waals surface area contributed by atoms with Crippen LogP contribution in [0.5, 0.6) is 0 Å². The van der Waals surface area contributed by atoms with Gasteiger partial charge in [0.05, 0.1) is 16.5 Å². The molecular formula is C24H24N2O2S. The van der Waals surface area contributed by atoms with E-state index in [1.54, 1.807) is 11.5 Å². The minimum Gasteiger partial charge on any atom is -0.342 e. The first kappa shape index (κ1) is 19.5. The molecule has 5 heteroatoms. The van der Waals surface area contributed by atoms with Crippen LogP contribution in [0.1, 0.15) is 31.2 Å². The van der Waals surface area contributed by atoms with E-state index in [1.165, 1.54) is 0 Å². The average Bonchev–Trinajstić information content (AvgIpc) is 3.09. The van der Waals surface area contributed by atoms with E-state index in [-0.39, 0.29) is 17.9 Å². The van der Waals surface area contributed by atoms with Gasteiger partial charge in [0, 0.05) is 25.2 Å². The second-order valence-electron chi connectivity index (χ2n) is 7.45. The minimum atomic E-state index is 0.118. The molecule has 148 valence electrons. The number of amides is 1. The Morgan fingerprint density at radius 2 is 1.76 bits per heavy atom. The van der Waals surface area contributed by atoms with Crippen LogP contribution in [-0.4, -0.2) is 27.9 Å². The average molecular weight is 405 g/mol. The first-order valence-electron chi connectivity index (χ1n) is 10.1. The van der Waals surface area contributed by atoms with Crippen LogP contribution in [0.3, 0.4) is 0 Å². The molecule has 2 heterocycles. The number of carbonyl (C=O) groups excluding carboxylic acids is 1. The van der Waals surface area contributed by atoms with Gasteiger partial charge in [0.15, 0.2) is 0 Å². The number of hydrogen-bond donors (Lipinski definition) is 0. The Morgan fingerprint density at radius 3 is 2.52 bits per heavy atom. The van der Waals surface area contributed by atoms with Crippen LogP contribution in [0.2, 0.25) is 0 Å². The van der Waals surface area contributed by atoms with Crippen LogP contribution in [0, 0.1) is 17.8 Å². The SMILES string of the molecule is O=C(CC#Cc1ccccc1)N1CCC(CCn2sc3ccccc3c2=O)CC1. The van der Waals surface area contributed by atoms with Crippen molar-refractivity contribution in [2.24, 2.45) is 5.92 Å². The molecule has 1 aromatic heterocycles. The van der Waals surface area contributed by atoms with Crippen LogP contribution in [0.4, 0.5) is 0 Å². The molecule has 29 heavy (non-hydrogen) atoms. The van der Waals surface area contributed by atoms with Gasteiger partial charge in [-0.15, -0.1) is 0 Å². The van der Waals surface area contributed by atoms with Crippen LogP contribution in [0.25, 0.3) is 10.1 Å². The number of piperidine rings is 1. The van der Waals surface area contributed by atoms with Crippen molar-refractivity contribution in [1.82, 2.24) is 8.86 Å². The summed E-state index contributed by atoms with van der Waals surface area (Å²) in [6.07, 6.45) is 3.26. The summed E-state index contributed by atoms with van der Waals surface area (Å²) in [6, 6.07) is 17.5. The lowest BCUT2D eigenvalue weighted by Crippen LogP contribution is -2.38. The maximum atomic E-state index is 12.5. The zero-order valence-corrected chi connectivity index (χ0v) is 17.2. The highest BCUT2D eigenvalue weighted by Gasteiger charge is 2.22. The van der Waals surface area contributed by atoms with E-state index in [0.29, 0.717) is 5.92 Å². The molecule has 0 unspecified atom stereocenters. The molecule has 0 spiro atoms. The maximum Gasteiger partial charge on any atom is 0.268 e. The van der Waals surface area contributed by atoms with Gasteiger partial charge in [-0.3, -0.25) is 13.5 Å². The number of likely N-dealkylation sites (tertiary alicyclic amines) is 1. The molecule has 4 nitrogen and oxygen atoms in total. The lowest BCUT2D eigenvalue weighted by atomic mass is 9.93. The van der Waals surface area contributed by atoms with Gasteiger partial charge in [-0.25, -0.2) is 0 Å². The Labute approximate surface area is 174 Å². The number of aryl methyl sites for hydroxylation is 1. The van der Waals surface area contributed by atoms with Crippen molar-refractivity contribution in [2.75, 3.05) is 13.1 Å². The van der Waals surface area contributed by atoms with Crippen molar-refractivity contribution in [1.29, 1.82) is 0 Å². The van der Waals surface area contributed by atoms with E-state index in [1.807, 2.05) is 63.5 Å². The van der Waals surface area contributed by atoms with Crippen LogP contribution < -0.4 is 5.56 Å². The van der Waals surface area contributed by atoms with Gasteiger partial charge in [0.25, 0.3) is 5.56 Å². The van der Waals surface area contributed by atoms with Gasteiger partial charge in [-0.05, 0) is 49.4 Å². The molecule has 1 fully saturated rings. The lowest BCUT2D eigenvalue weighted by molar-refractivity contribution is -0.131. The number of aromatic nitrogens is 1. The highest BCUT2D eigenvalue weighted by Crippen LogP contribution is 2.23. The van der Waals surface area contributed by atoms with E-state index in [0.717, 1.165) is 54.5 Å². The zero-order chi connectivity index (χ0) is 20.1. The van der Waals surface area contributed by atoms with Gasteiger partial charge < -0.3 is 4.90 Å². The first-order valence-corrected chi connectivity index (χ1v) is 10.9. The normalized spacial score (nSPS) is 14.6. The smallest absolute Gasteiger partial charge is 0.268 e. The van der Waals surface area contributed by atoms with Crippen molar-refractivity contribution < 1.29 is 4.79 Å². The molecular weight excluding hydrogens is 380 g/mol. The third-order valence-electron chi connectivity index (χ3n) is 5.51. The van der Waals surface area contributed by atoms with Gasteiger partial charge in [-0.1, -0.05) is 53.7 Å². The second kappa shape index (κ2) is 9.11. The number of nitrogens with zero attached hydrogens (tertiary/aromatic N) is 2. The highest BCUT2D eigenvalue weighted by atomic mass is 32.1. The molecule has 1 saturated heterocycles. The molecule has 1 amide bonds. The fourth-order valence-electron chi connectivity index (χ4n) is 3.79. The fourth-order valence-corrected chi connectivity index (χ4v) is 4.80. The summed E-state index contributed by atoms with van der Waals surface area (Å²) in [5, 5.41) is 0.814. The number of carbonyl (C=O) groups is 1. The third-order valence-corrected chi connectivity index (χ3v) is 6.63. The summed E-state index contributed by atoms with van der Waals surface area (Å²) >= 11 is 1.55. The molecule has 1 aliphatic heterocycles. The van der Waals surface area contributed by atoms with E-state index >= 15 is 0 Å². The number of hydrogen-bond acceptors (Lipinski definition) is 3. The van der Waals surface area contributed by atoms with Crippen LogP contribution in [-0.2, 0) is 11.3 Å². The van der Waals surface area contributed by atoms with E-state index in [2.05, 4.69) is 11.8 Å². The van der Waals surface area contributed by atoms with Gasteiger partial charge in [0.2, 0.25) is 5.91 Å². The predicted molar refractivity (Wildman–Crippen MR) is 118 cm³/mol. The summed E-state index contributed by atoms with van der Waals surface area (Å²) in [4.78, 5) is 26.8. The molecule has 0 aliphatic carbocycles. The van der Waals surface area contributed by atoms with Crippen molar-refractivity contribution in [3.8, 4) is 11.8 Å². The summed E-state index contributed by atoms with van der Waals surface area (Å²) in [5.41, 5.74) is 1.06. The van der Waals surface area contributed by atoms with E-state index < -0.39 is 0 Å². The van der Waals surface area contributed by atoms with E-state index in [9.17, 15) is 9.59 Å². The lowest BCUT2D eigenvalue weighted by Gasteiger charge is -2.31. The Morgan fingerprint density at radius 1 is 1.03 bits per heavy atom. The zero-order valence-electron chi connectivity index (χ0n) is 16.3. The topological polar surface area (TPSA) is 42.3 Å². The molecule has 0 N–H and O–H groups in total. The van der Waals surface area contributed by atoms with Crippen molar-refractivity contribution in [3.05, 3.63) is 70.5 Å². The maximum absolute atomic E-state index is 12.5. The van der Waals surface area contributed by atoms with E-state index in [4.69, 9.17) is 0 Å². The molecule has 3 aromatic rings. The van der Waals surface area contributed by atoms with Gasteiger partial charge in [0.1, 0.15) is 0 Å². The molecule has 0 bridgehead atoms. The summed E-state index contributed by atoms with van der Waals surface area (Å²) < 4.78 is 2.93. The largest absolute Gasteiger partial charge is 0.342 e. The fraction of sp³-hybridized carbons (Fsp3) is 0.333. The van der Waals surface area contributed by atoms with Crippen LogP contribution in [0.15, 0.2) is 59.4 Å². The first-order chi connectivity index (χ1) is 14.2. The van der Waals surface area contributed by atoms with Gasteiger partial charge >= 0.3 is 0 Å². The van der Waals surface area contributed by atoms with Gasteiger partial charge in [-0.2, -0.15) is 0 Å². The van der Waals surface area contributed by atoms with Crippen LogP contribution >= 0.6 is 11.5 Å². The molecule has 1 aliphatic rings. The highest BCUT2D eigenvalue weighted by molar-refractivity contribution is 7.13. The molecule has 0 atom stereocenters. The predicted octanol–water partition coefficient (Wildman–Crippen LogP) is 4.13. The Kier molecular flexibility index (Phi) is 6.12.